The van der Waals surface area contributed by atoms with Gasteiger partial charge in [0, 0.05) is 23.7 Å². The van der Waals surface area contributed by atoms with Crippen LogP contribution in [0.25, 0.3) is 0 Å². The average molecular weight is 497 g/mol. The third-order valence-electron chi connectivity index (χ3n) is 7.39. The first-order valence-electron chi connectivity index (χ1n) is 12.6. The molecular weight excluding hydrogens is 465 g/mol. The smallest absolute Gasteiger partial charge is 0.298 e. The van der Waals surface area contributed by atoms with E-state index in [2.05, 4.69) is 4.90 Å². The number of benzene rings is 2. The second-order valence-corrected chi connectivity index (χ2v) is 9.86. The summed E-state index contributed by atoms with van der Waals surface area (Å²) in [6, 6.07) is 15.4. The molecule has 5 nitrogen and oxygen atoms in total. The molecule has 0 saturated heterocycles. The summed E-state index contributed by atoms with van der Waals surface area (Å²) in [5.41, 5.74) is 1.80. The van der Waals surface area contributed by atoms with Crippen LogP contribution in [0.4, 0.5) is 24.8 Å². The van der Waals surface area contributed by atoms with Gasteiger partial charge in [0.2, 0.25) is 5.95 Å². The Balaban J connectivity index is 1.60. The molecule has 0 radical (unpaired) electrons. The van der Waals surface area contributed by atoms with E-state index in [4.69, 9.17) is 4.98 Å². The maximum absolute atomic E-state index is 13.8. The first-order chi connectivity index (χ1) is 17.3. The highest BCUT2D eigenvalue weighted by Gasteiger charge is 2.34. The summed E-state index contributed by atoms with van der Waals surface area (Å²) < 4.78 is 42.2. The molecule has 0 amide bonds. The number of nitrogens with zero attached hydrogens (tertiary/aromatic N) is 4. The third kappa shape index (κ3) is 5.05. The zero-order valence-electron chi connectivity index (χ0n) is 20.5. The molecule has 3 aromatic rings. The second kappa shape index (κ2) is 10.1. The van der Waals surface area contributed by atoms with Crippen molar-refractivity contribution in [3.05, 3.63) is 87.3 Å². The molecule has 0 N–H and O–H groups in total. The normalized spacial score (nSPS) is 17.6. The lowest BCUT2D eigenvalue weighted by Gasteiger charge is -2.42. The molecule has 1 saturated carbocycles. The van der Waals surface area contributed by atoms with Crippen LogP contribution in [0, 0.1) is 6.92 Å². The first kappa shape index (κ1) is 24.6. The molecule has 2 aliphatic rings. The van der Waals surface area contributed by atoms with E-state index < -0.39 is 11.7 Å². The van der Waals surface area contributed by atoms with Gasteiger partial charge in [-0.25, -0.2) is 4.98 Å². The maximum atomic E-state index is 13.8. The molecule has 0 atom stereocenters. The van der Waals surface area contributed by atoms with E-state index in [-0.39, 0.29) is 11.6 Å². The number of aromatic nitrogens is 2. The predicted octanol–water partition coefficient (Wildman–Crippen LogP) is 6.25. The highest BCUT2D eigenvalue weighted by Crippen LogP contribution is 2.35. The number of hydrogen-bond acceptors (Lipinski definition) is 4. The van der Waals surface area contributed by atoms with E-state index in [1.807, 2.05) is 37.3 Å². The molecule has 36 heavy (non-hydrogen) atoms. The Kier molecular flexibility index (Phi) is 6.88. The van der Waals surface area contributed by atoms with Crippen LogP contribution < -0.4 is 10.5 Å². The molecule has 1 aliphatic heterocycles. The number of alkyl halides is 3. The standard InChI is InChI=1S/C28H31F3N4O/c1-20-25(16-21-10-5-4-6-11-21)26(36)35-19-33(23-13-7-2-3-8-14-23)18-34(27(35)32-20)24-15-9-12-22(17-24)28(29,30)31/h4-6,9-12,15,17,23H,2-3,7-8,13-14,16,18-19H2,1H3. The summed E-state index contributed by atoms with van der Waals surface area (Å²) in [5, 5.41) is 0. The Morgan fingerprint density at radius 3 is 2.36 bits per heavy atom. The van der Waals surface area contributed by atoms with Gasteiger partial charge >= 0.3 is 6.18 Å². The molecule has 0 unspecified atom stereocenters. The minimum atomic E-state index is -4.45. The Hall–Kier alpha value is -3.13. The third-order valence-corrected chi connectivity index (χ3v) is 7.39. The molecule has 0 bridgehead atoms. The first-order valence-corrected chi connectivity index (χ1v) is 12.6. The molecule has 1 aliphatic carbocycles. The quantitative estimate of drug-likeness (QED) is 0.400. The second-order valence-electron chi connectivity index (χ2n) is 9.86. The predicted molar refractivity (Wildman–Crippen MR) is 134 cm³/mol. The van der Waals surface area contributed by atoms with Crippen molar-refractivity contribution in [2.75, 3.05) is 11.6 Å². The summed E-state index contributed by atoms with van der Waals surface area (Å²) in [4.78, 5) is 22.6. The Morgan fingerprint density at radius 1 is 0.944 bits per heavy atom. The molecule has 8 heteroatoms. The largest absolute Gasteiger partial charge is 0.416 e. The van der Waals surface area contributed by atoms with Crippen molar-refractivity contribution in [1.29, 1.82) is 0 Å². The fourth-order valence-electron chi connectivity index (χ4n) is 5.40. The lowest BCUT2D eigenvalue weighted by atomic mass is 10.0. The van der Waals surface area contributed by atoms with Crippen LogP contribution in [0.2, 0.25) is 0 Å². The van der Waals surface area contributed by atoms with Crippen molar-refractivity contribution in [2.24, 2.45) is 0 Å². The zero-order chi connectivity index (χ0) is 25.3. The number of halogens is 3. The summed E-state index contributed by atoms with van der Waals surface area (Å²) in [6.45, 7) is 2.60. The van der Waals surface area contributed by atoms with E-state index >= 15 is 0 Å². The van der Waals surface area contributed by atoms with E-state index in [1.165, 1.54) is 18.9 Å². The van der Waals surface area contributed by atoms with Crippen molar-refractivity contribution in [3.63, 3.8) is 0 Å². The van der Waals surface area contributed by atoms with Crippen molar-refractivity contribution < 1.29 is 13.2 Å². The van der Waals surface area contributed by atoms with Crippen LogP contribution in [0.1, 0.15) is 60.9 Å². The highest BCUT2D eigenvalue weighted by molar-refractivity contribution is 5.60. The van der Waals surface area contributed by atoms with Crippen LogP contribution >= 0.6 is 0 Å². The van der Waals surface area contributed by atoms with E-state index in [0.29, 0.717) is 42.7 Å². The topological polar surface area (TPSA) is 41.4 Å². The van der Waals surface area contributed by atoms with Gasteiger partial charge in [0.25, 0.3) is 5.56 Å². The monoisotopic (exact) mass is 496 g/mol. The summed E-state index contributed by atoms with van der Waals surface area (Å²) in [6.07, 6.45) is 2.70. The fourth-order valence-corrected chi connectivity index (χ4v) is 5.40. The Labute approximate surface area is 209 Å². The highest BCUT2D eigenvalue weighted by atomic mass is 19.4. The maximum Gasteiger partial charge on any atom is 0.416 e. The van der Waals surface area contributed by atoms with Crippen molar-refractivity contribution >= 4 is 11.6 Å². The molecule has 1 fully saturated rings. The van der Waals surface area contributed by atoms with Gasteiger partial charge in [0.05, 0.1) is 24.6 Å². The number of anilines is 2. The molecule has 2 heterocycles. The molecule has 2 aromatic carbocycles. The van der Waals surface area contributed by atoms with Crippen LogP contribution in [-0.2, 0) is 19.3 Å². The Morgan fingerprint density at radius 2 is 1.67 bits per heavy atom. The van der Waals surface area contributed by atoms with Gasteiger partial charge in [0.15, 0.2) is 0 Å². The summed E-state index contributed by atoms with van der Waals surface area (Å²) in [7, 11) is 0. The lowest BCUT2D eigenvalue weighted by molar-refractivity contribution is -0.137. The van der Waals surface area contributed by atoms with E-state index in [9.17, 15) is 18.0 Å². The van der Waals surface area contributed by atoms with Gasteiger partial charge in [-0.05, 0) is 43.5 Å². The molecule has 1 aromatic heterocycles. The van der Waals surface area contributed by atoms with E-state index in [1.54, 1.807) is 15.5 Å². The number of aryl methyl sites for hydroxylation is 1. The zero-order valence-corrected chi connectivity index (χ0v) is 20.5. The van der Waals surface area contributed by atoms with Crippen LogP contribution in [-0.4, -0.2) is 27.2 Å². The van der Waals surface area contributed by atoms with Crippen molar-refractivity contribution in [1.82, 2.24) is 14.5 Å². The van der Waals surface area contributed by atoms with Gasteiger partial charge in [-0.15, -0.1) is 0 Å². The number of fused-ring (bicyclic) bond motifs is 1. The van der Waals surface area contributed by atoms with Crippen molar-refractivity contribution in [3.8, 4) is 0 Å². The van der Waals surface area contributed by atoms with Crippen LogP contribution in [0.5, 0.6) is 0 Å². The summed E-state index contributed by atoms with van der Waals surface area (Å²) >= 11 is 0. The van der Waals surface area contributed by atoms with Gasteiger partial charge in [-0.1, -0.05) is 62.1 Å². The number of hydrogen-bond donors (Lipinski definition) is 0. The van der Waals surface area contributed by atoms with Gasteiger partial charge in [0.1, 0.15) is 0 Å². The molecule has 5 rings (SSSR count). The SMILES string of the molecule is Cc1nc2n(c(=O)c1Cc1ccccc1)CN(C1CCCCCC1)CN2c1cccc(C(F)(F)F)c1. The minimum Gasteiger partial charge on any atom is -0.298 e. The molecule has 190 valence electrons. The van der Waals surface area contributed by atoms with Gasteiger partial charge in [-0.3, -0.25) is 19.2 Å². The van der Waals surface area contributed by atoms with Crippen LogP contribution in [0.15, 0.2) is 59.4 Å². The minimum absolute atomic E-state index is 0.128. The van der Waals surface area contributed by atoms with Crippen molar-refractivity contribution in [2.45, 2.75) is 70.8 Å². The average Bonchev–Trinajstić information content (AvgIpc) is 3.16. The Bertz CT molecular complexity index is 1260. The number of rotatable bonds is 4. The summed E-state index contributed by atoms with van der Waals surface area (Å²) in [5.74, 6) is 0.401. The lowest BCUT2D eigenvalue weighted by Crippen LogP contribution is -2.51. The van der Waals surface area contributed by atoms with E-state index in [0.717, 1.165) is 43.4 Å². The molecule has 0 spiro atoms. The van der Waals surface area contributed by atoms with Gasteiger partial charge < -0.3 is 0 Å². The fraction of sp³-hybridized carbons (Fsp3) is 0.429. The molecular formula is C28H31F3N4O. The van der Waals surface area contributed by atoms with Gasteiger partial charge in [-0.2, -0.15) is 13.2 Å². The van der Waals surface area contributed by atoms with Crippen LogP contribution in [0.3, 0.4) is 0 Å².